The van der Waals surface area contributed by atoms with Gasteiger partial charge in [0.2, 0.25) is 0 Å². The number of aromatic carboxylic acids is 1. The number of pyridine rings is 1. The summed E-state index contributed by atoms with van der Waals surface area (Å²) in [5, 5.41) is 9.37. The van der Waals surface area contributed by atoms with Crippen LogP contribution in [0.15, 0.2) is 67.0 Å². The highest BCUT2D eigenvalue weighted by Crippen LogP contribution is 2.36. The Hall–Kier alpha value is -3.54. The fourth-order valence-corrected chi connectivity index (χ4v) is 2.91. The fraction of sp³-hybridized carbons (Fsp3) is 0.182. The minimum atomic E-state index is -0.965. The first-order valence-electron chi connectivity index (χ1n) is 8.93. The van der Waals surface area contributed by atoms with Crippen LogP contribution in [0.1, 0.15) is 22.8 Å². The first kappa shape index (κ1) is 19.2. The molecule has 1 heterocycles. The maximum absolute atomic E-state index is 11.4. The van der Waals surface area contributed by atoms with Crippen molar-refractivity contribution < 1.29 is 19.4 Å². The van der Waals surface area contributed by atoms with Gasteiger partial charge in [0.05, 0.1) is 19.3 Å². The van der Waals surface area contributed by atoms with E-state index in [1.54, 1.807) is 37.7 Å². The van der Waals surface area contributed by atoms with Gasteiger partial charge in [-0.3, -0.25) is 4.98 Å². The minimum absolute atomic E-state index is 0.229. The van der Waals surface area contributed by atoms with Gasteiger partial charge in [0, 0.05) is 36.4 Å². The molecule has 0 bridgehead atoms. The third kappa shape index (κ3) is 4.40. The first-order chi connectivity index (χ1) is 13.6. The van der Waals surface area contributed by atoms with Crippen molar-refractivity contribution >= 4 is 17.3 Å². The second kappa shape index (κ2) is 8.90. The minimum Gasteiger partial charge on any atom is -0.493 e. The first-order valence-corrected chi connectivity index (χ1v) is 8.93. The summed E-state index contributed by atoms with van der Waals surface area (Å²) in [5.41, 5.74) is 2.84. The van der Waals surface area contributed by atoms with Crippen molar-refractivity contribution in [1.29, 1.82) is 0 Å². The maximum atomic E-state index is 11.4. The van der Waals surface area contributed by atoms with Gasteiger partial charge in [-0.05, 0) is 48.9 Å². The monoisotopic (exact) mass is 378 g/mol. The Bertz CT molecular complexity index is 944. The van der Waals surface area contributed by atoms with Crippen LogP contribution >= 0.6 is 0 Å². The molecular weight excluding hydrogens is 356 g/mol. The van der Waals surface area contributed by atoms with Gasteiger partial charge in [-0.2, -0.15) is 0 Å². The largest absolute Gasteiger partial charge is 0.493 e. The Morgan fingerprint density at radius 3 is 2.57 bits per heavy atom. The maximum Gasteiger partial charge on any atom is 0.335 e. The zero-order valence-electron chi connectivity index (χ0n) is 15.8. The molecule has 2 aromatic carbocycles. The van der Waals surface area contributed by atoms with Gasteiger partial charge in [0.25, 0.3) is 0 Å². The van der Waals surface area contributed by atoms with Crippen molar-refractivity contribution in [2.75, 3.05) is 18.6 Å². The number of rotatable bonds is 8. The smallest absolute Gasteiger partial charge is 0.335 e. The lowest BCUT2D eigenvalue weighted by molar-refractivity contribution is 0.0697. The van der Waals surface area contributed by atoms with E-state index in [9.17, 15) is 9.90 Å². The van der Waals surface area contributed by atoms with Crippen molar-refractivity contribution in [2.45, 2.75) is 13.5 Å². The van der Waals surface area contributed by atoms with Crippen LogP contribution in [-0.2, 0) is 6.54 Å². The molecule has 1 aromatic heterocycles. The van der Waals surface area contributed by atoms with Crippen LogP contribution in [0.25, 0.3) is 0 Å². The number of hydrogen-bond donors (Lipinski definition) is 1. The number of benzene rings is 2. The lowest BCUT2D eigenvalue weighted by Crippen LogP contribution is -2.17. The molecule has 0 aliphatic rings. The van der Waals surface area contributed by atoms with Gasteiger partial charge in [-0.25, -0.2) is 4.79 Å². The number of methoxy groups -OCH3 is 1. The SMILES string of the molecule is CCOc1cc(N(Cc2cccnc2)c2cccc(C(=O)O)c2)ccc1OC. The van der Waals surface area contributed by atoms with E-state index in [0.717, 1.165) is 16.9 Å². The van der Waals surface area contributed by atoms with E-state index < -0.39 is 5.97 Å². The molecule has 1 N–H and O–H groups in total. The van der Waals surface area contributed by atoms with E-state index in [4.69, 9.17) is 9.47 Å². The van der Waals surface area contributed by atoms with Gasteiger partial charge in [-0.1, -0.05) is 12.1 Å². The number of carboxylic acids is 1. The molecule has 6 heteroatoms. The number of anilines is 2. The number of ether oxygens (including phenoxy) is 2. The van der Waals surface area contributed by atoms with Crippen molar-refractivity contribution in [3.05, 3.63) is 78.1 Å². The topological polar surface area (TPSA) is 71.9 Å². The summed E-state index contributed by atoms with van der Waals surface area (Å²) < 4.78 is 11.1. The summed E-state index contributed by atoms with van der Waals surface area (Å²) >= 11 is 0. The van der Waals surface area contributed by atoms with Crippen LogP contribution in [0.4, 0.5) is 11.4 Å². The summed E-state index contributed by atoms with van der Waals surface area (Å²) in [6, 6.07) is 16.4. The Morgan fingerprint density at radius 2 is 1.89 bits per heavy atom. The van der Waals surface area contributed by atoms with Crippen molar-refractivity contribution in [2.24, 2.45) is 0 Å². The van der Waals surface area contributed by atoms with Crippen LogP contribution < -0.4 is 14.4 Å². The lowest BCUT2D eigenvalue weighted by Gasteiger charge is -2.26. The number of aromatic nitrogens is 1. The number of nitrogens with zero attached hydrogens (tertiary/aromatic N) is 2. The molecule has 6 nitrogen and oxygen atoms in total. The van der Waals surface area contributed by atoms with Gasteiger partial charge in [0.1, 0.15) is 0 Å². The van der Waals surface area contributed by atoms with E-state index in [1.807, 2.05) is 48.2 Å². The van der Waals surface area contributed by atoms with Crippen LogP contribution in [0.5, 0.6) is 11.5 Å². The molecule has 3 rings (SSSR count). The molecule has 0 amide bonds. The average molecular weight is 378 g/mol. The average Bonchev–Trinajstić information content (AvgIpc) is 2.73. The van der Waals surface area contributed by atoms with Crippen LogP contribution in [0.3, 0.4) is 0 Å². The molecule has 0 aliphatic carbocycles. The second-order valence-electron chi connectivity index (χ2n) is 6.07. The molecule has 144 valence electrons. The molecule has 0 saturated heterocycles. The highest BCUT2D eigenvalue weighted by molar-refractivity contribution is 5.89. The molecule has 0 fully saturated rings. The molecule has 0 aliphatic heterocycles. The predicted octanol–water partition coefficient (Wildman–Crippen LogP) is 4.53. The summed E-state index contributed by atoms with van der Waals surface area (Å²) in [7, 11) is 1.60. The lowest BCUT2D eigenvalue weighted by atomic mass is 10.1. The third-order valence-electron chi connectivity index (χ3n) is 4.23. The Kier molecular flexibility index (Phi) is 6.11. The summed E-state index contributed by atoms with van der Waals surface area (Å²) in [4.78, 5) is 17.6. The van der Waals surface area contributed by atoms with Crippen molar-refractivity contribution in [3.63, 3.8) is 0 Å². The van der Waals surface area contributed by atoms with Crippen LogP contribution in [0, 0.1) is 0 Å². The number of carboxylic acid groups (broad SMARTS) is 1. The highest BCUT2D eigenvalue weighted by Gasteiger charge is 2.15. The van der Waals surface area contributed by atoms with E-state index in [-0.39, 0.29) is 5.56 Å². The van der Waals surface area contributed by atoms with Crippen LogP contribution in [-0.4, -0.2) is 29.8 Å². The van der Waals surface area contributed by atoms with E-state index in [1.165, 1.54) is 0 Å². The molecule has 0 unspecified atom stereocenters. The third-order valence-corrected chi connectivity index (χ3v) is 4.23. The normalized spacial score (nSPS) is 10.4. The molecule has 0 atom stereocenters. The molecule has 0 saturated carbocycles. The van der Waals surface area contributed by atoms with Gasteiger partial charge in [-0.15, -0.1) is 0 Å². The van der Waals surface area contributed by atoms with E-state index in [0.29, 0.717) is 24.7 Å². The summed E-state index contributed by atoms with van der Waals surface area (Å²) in [5.74, 6) is 0.312. The van der Waals surface area contributed by atoms with Crippen LogP contribution in [0.2, 0.25) is 0 Å². The zero-order chi connectivity index (χ0) is 19.9. The van der Waals surface area contributed by atoms with Gasteiger partial charge in [0.15, 0.2) is 11.5 Å². The Balaban J connectivity index is 2.07. The molecule has 3 aromatic rings. The zero-order valence-corrected chi connectivity index (χ0v) is 15.8. The molecular formula is C22H22N2O4. The van der Waals surface area contributed by atoms with Crippen molar-refractivity contribution in [3.8, 4) is 11.5 Å². The summed E-state index contributed by atoms with van der Waals surface area (Å²) in [6.07, 6.45) is 3.51. The molecule has 0 radical (unpaired) electrons. The second-order valence-corrected chi connectivity index (χ2v) is 6.07. The standard InChI is InChI=1S/C22H22N2O4/c1-3-28-21-13-19(9-10-20(21)27-2)24(15-16-6-5-11-23-14-16)18-8-4-7-17(12-18)22(25)26/h4-14H,3,15H2,1-2H3,(H,25,26). The van der Waals surface area contributed by atoms with Gasteiger partial charge < -0.3 is 19.5 Å². The molecule has 28 heavy (non-hydrogen) atoms. The summed E-state index contributed by atoms with van der Waals surface area (Å²) in [6.45, 7) is 2.95. The van der Waals surface area contributed by atoms with E-state index >= 15 is 0 Å². The predicted molar refractivity (Wildman–Crippen MR) is 108 cm³/mol. The van der Waals surface area contributed by atoms with E-state index in [2.05, 4.69) is 4.98 Å². The fourth-order valence-electron chi connectivity index (χ4n) is 2.91. The van der Waals surface area contributed by atoms with Gasteiger partial charge >= 0.3 is 5.97 Å². The Labute approximate surface area is 164 Å². The quantitative estimate of drug-likeness (QED) is 0.621. The number of hydrogen-bond acceptors (Lipinski definition) is 5. The van der Waals surface area contributed by atoms with Crippen molar-refractivity contribution in [1.82, 2.24) is 4.98 Å². The Morgan fingerprint density at radius 1 is 1.07 bits per heavy atom. The highest BCUT2D eigenvalue weighted by atomic mass is 16.5. The number of carbonyl (C=O) groups is 1. The molecule has 0 spiro atoms.